The molecule has 100 valence electrons. The van der Waals surface area contributed by atoms with Gasteiger partial charge < -0.3 is 15.1 Å². The number of benzene rings is 1. The molecule has 0 aromatic heterocycles. The number of nitrogens with zero attached hydrogens (tertiary/aromatic N) is 1. The summed E-state index contributed by atoms with van der Waals surface area (Å²) in [6, 6.07) is 6.93. The van der Waals surface area contributed by atoms with Gasteiger partial charge in [-0.15, -0.1) is 0 Å². The van der Waals surface area contributed by atoms with Gasteiger partial charge in [-0.2, -0.15) is 0 Å². The van der Waals surface area contributed by atoms with Crippen molar-refractivity contribution in [1.29, 1.82) is 0 Å². The number of phenols is 1. The van der Waals surface area contributed by atoms with E-state index in [0.29, 0.717) is 23.4 Å². The number of amides is 1. The Morgan fingerprint density at radius 1 is 1.21 bits per heavy atom. The van der Waals surface area contributed by atoms with Crippen LogP contribution in [0.4, 0.5) is 0 Å². The van der Waals surface area contributed by atoms with Crippen LogP contribution in [0.5, 0.6) is 5.75 Å². The summed E-state index contributed by atoms with van der Waals surface area (Å²) in [5, 5.41) is 18.9. The third kappa shape index (κ3) is 2.39. The Kier molecular flexibility index (Phi) is 3.71. The van der Waals surface area contributed by atoms with Gasteiger partial charge in [0, 0.05) is 16.8 Å². The molecule has 0 radical (unpaired) electrons. The molecule has 0 saturated carbocycles. The molecule has 1 amide bonds. The second kappa shape index (κ2) is 5.28. The molecule has 1 aliphatic heterocycles. The molecule has 0 bridgehead atoms. The van der Waals surface area contributed by atoms with Gasteiger partial charge in [0.15, 0.2) is 0 Å². The second-order valence-electron chi connectivity index (χ2n) is 4.54. The molecule has 0 fully saturated rings. The number of aromatic hydroxyl groups is 1. The summed E-state index contributed by atoms with van der Waals surface area (Å²) >= 11 is 0. The van der Waals surface area contributed by atoms with Crippen LogP contribution >= 0.6 is 0 Å². The lowest BCUT2D eigenvalue weighted by molar-refractivity contribution is -0.124. The van der Waals surface area contributed by atoms with E-state index >= 15 is 0 Å². The van der Waals surface area contributed by atoms with E-state index in [2.05, 4.69) is 0 Å². The van der Waals surface area contributed by atoms with Gasteiger partial charge in [-0.1, -0.05) is 18.2 Å². The molecule has 0 aliphatic carbocycles. The van der Waals surface area contributed by atoms with Gasteiger partial charge in [-0.3, -0.25) is 4.79 Å². The van der Waals surface area contributed by atoms with Crippen LogP contribution in [0.3, 0.4) is 0 Å². The molecule has 0 atom stereocenters. The molecule has 19 heavy (non-hydrogen) atoms. The fraction of sp³-hybridized carbons (Fsp3) is 0.267. The quantitative estimate of drug-likeness (QED) is 0.872. The maximum Gasteiger partial charge on any atom is 0.254 e. The normalized spacial score (nSPS) is 17.7. The first-order valence-electron chi connectivity index (χ1n) is 6.14. The summed E-state index contributed by atoms with van der Waals surface area (Å²) in [5.41, 5.74) is 2.94. The maximum absolute atomic E-state index is 12.2. The molecule has 1 heterocycles. The van der Waals surface area contributed by atoms with Crippen LogP contribution < -0.4 is 0 Å². The number of allylic oxidation sites excluding steroid dienone is 1. The van der Waals surface area contributed by atoms with E-state index in [1.807, 2.05) is 13.0 Å². The third-order valence-corrected chi connectivity index (χ3v) is 3.41. The van der Waals surface area contributed by atoms with Gasteiger partial charge >= 0.3 is 0 Å². The van der Waals surface area contributed by atoms with Gasteiger partial charge in [0.25, 0.3) is 5.91 Å². The lowest BCUT2D eigenvalue weighted by atomic mass is 10.1. The second-order valence-corrected chi connectivity index (χ2v) is 4.54. The summed E-state index contributed by atoms with van der Waals surface area (Å²) in [7, 11) is 0. The number of carbonyl (C=O) groups excluding carboxylic acids is 1. The lowest BCUT2D eigenvalue weighted by Crippen LogP contribution is -2.25. The Morgan fingerprint density at radius 3 is 2.53 bits per heavy atom. The van der Waals surface area contributed by atoms with E-state index in [9.17, 15) is 9.90 Å². The molecule has 0 spiro atoms. The van der Waals surface area contributed by atoms with Crippen LogP contribution in [0.25, 0.3) is 0 Å². The van der Waals surface area contributed by atoms with Gasteiger partial charge in [-0.25, -0.2) is 0 Å². The Balaban J connectivity index is 2.33. The van der Waals surface area contributed by atoms with Crippen molar-refractivity contribution in [2.75, 3.05) is 6.61 Å². The minimum Gasteiger partial charge on any atom is -0.508 e. The van der Waals surface area contributed by atoms with E-state index in [1.54, 1.807) is 36.1 Å². The van der Waals surface area contributed by atoms with Gasteiger partial charge in [-0.05, 0) is 31.6 Å². The predicted octanol–water partition coefficient (Wildman–Crippen LogP) is 1.95. The van der Waals surface area contributed by atoms with E-state index in [0.717, 1.165) is 5.57 Å². The summed E-state index contributed by atoms with van der Waals surface area (Å²) in [6.07, 6.45) is 1.61. The minimum atomic E-state index is -0.121. The highest BCUT2D eigenvalue weighted by Gasteiger charge is 2.30. The maximum atomic E-state index is 12.2. The van der Waals surface area contributed by atoms with E-state index in [4.69, 9.17) is 5.11 Å². The molecule has 4 nitrogen and oxygen atoms in total. The van der Waals surface area contributed by atoms with Crippen molar-refractivity contribution in [3.63, 3.8) is 0 Å². The van der Waals surface area contributed by atoms with Crippen LogP contribution in [0, 0.1) is 0 Å². The molecule has 0 saturated heterocycles. The molecular formula is C15H17NO3. The Hall–Kier alpha value is -2.07. The molecule has 1 aromatic rings. The SMILES string of the molecule is CC1=C(C)/C(=C/CO)N(Cc2ccccc2O)C1=O. The smallest absolute Gasteiger partial charge is 0.254 e. The third-order valence-electron chi connectivity index (χ3n) is 3.41. The number of hydrogen-bond donors (Lipinski definition) is 2. The molecule has 1 aliphatic rings. The topological polar surface area (TPSA) is 60.8 Å². The molecule has 2 N–H and O–H groups in total. The van der Waals surface area contributed by atoms with E-state index in [1.165, 1.54) is 0 Å². The average molecular weight is 259 g/mol. The van der Waals surface area contributed by atoms with Crippen molar-refractivity contribution in [1.82, 2.24) is 4.90 Å². The van der Waals surface area contributed by atoms with Crippen molar-refractivity contribution in [3.8, 4) is 5.75 Å². The number of carbonyl (C=O) groups is 1. The zero-order valence-electron chi connectivity index (χ0n) is 11.1. The number of aliphatic hydroxyl groups excluding tert-OH is 1. The molecule has 4 heteroatoms. The van der Waals surface area contributed by atoms with Crippen LogP contribution in [0.2, 0.25) is 0 Å². The van der Waals surface area contributed by atoms with Gasteiger partial charge in [0.2, 0.25) is 0 Å². The number of rotatable bonds is 3. The first kappa shape index (κ1) is 13.4. The van der Waals surface area contributed by atoms with Gasteiger partial charge in [0.05, 0.1) is 13.2 Å². The number of hydrogen-bond acceptors (Lipinski definition) is 3. The van der Waals surface area contributed by atoms with Crippen LogP contribution in [0.1, 0.15) is 19.4 Å². The Bertz CT molecular complexity index is 573. The van der Waals surface area contributed by atoms with E-state index < -0.39 is 0 Å². The van der Waals surface area contributed by atoms with Crippen LogP contribution in [-0.4, -0.2) is 27.6 Å². The summed E-state index contributed by atoms with van der Waals surface area (Å²) in [6.45, 7) is 3.81. The summed E-state index contributed by atoms with van der Waals surface area (Å²) in [5.74, 6) is 0.0845. The van der Waals surface area contributed by atoms with Crippen molar-refractivity contribution in [2.24, 2.45) is 0 Å². The van der Waals surface area contributed by atoms with Crippen molar-refractivity contribution < 1.29 is 15.0 Å². The highest BCUT2D eigenvalue weighted by Crippen LogP contribution is 2.31. The molecule has 2 rings (SSSR count). The first-order chi connectivity index (χ1) is 9.06. The largest absolute Gasteiger partial charge is 0.508 e. The number of phenolic OH excluding ortho intramolecular Hbond substituents is 1. The molecule has 1 aromatic carbocycles. The number of aliphatic hydroxyl groups is 1. The first-order valence-corrected chi connectivity index (χ1v) is 6.14. The lowest BCUT2D eigenvalue weighted by Gasteiger charge is -2.20. The molecular weight excluding hydrogens is 242 g/mol. The van der Waals surface area contributed by atoms with E-state index in [-0.39, 0.29) is 18.3 Å². The highest BCUT2D eigenvalue weighted by molar-refractivity contribution is 5.99. The average Bonchev–Trinajstić information content (AvgIpc) is 2.59. The Morgan fingerprint density at radius 2 is 1.89 bits per heavy atom. The zero-order valence-corrected chi connectivity index (χ0v) is 11.1. The van der Waals surface area contributed by atoms with Crippen molar-refractivity contribution >= 4 is 5.91 Å². The summed E-state index contributed by atoms with van der Waals surface area (Å²) < 4.78 is 0. The van der Waals surface area contributed by atoms with Crippen LogP contribution in [-0.2, 0) is 11.3 Å². The predicted molar refractivity (Wildman–Crippen MR) is 72.2 cm³/mol. The van der Waals surface area contributed by atoms with Crippen molar-refractivity contribution in [2.45, 2.75) is 20.4 Å². The fourth-order valence-corrected chi connectivity index (χ4v) is 2.19. The highest BCUT2D eigenvalue weighted by atomic mass is 16.3. The van der Waals surface area contributed by atoms with Crippen LogP contribution in [0.15, 0.2) is 47.2 Å². The standard InChI is InChI=1S/C15H17NO3/c1-10-11(2)15(19)16(13(10)7-8-17)9-12-5-3-4-6-14(12)18/h3-7,17-18H,8-9H2,1-2H3/b13-7-. The fourth-order valence-electron chi connectivity index (χ4n) is 2.19. The summed E-state index contributed by atoms with van der Waals surface area (Å²) in [4.78, 5) is 13.8. The van der Waals surface area contributed by atoms with Crippen molar-refractivity contribution in [3.05, 3.63) is 52.7 Å². The van der Waals surface area contributed by atoms with Gasteiger partial charge in [0.1, 0.15) is 5.75 Å². The Labute approximate surface area is 112 Å². The minimum absolute atomic E-state index is 0.0829. The monoisotopic (exact) mass is 259 g/mol. The zero-order chi connectivity index (χ0) is 14.0. The number of para-hydroxylation sites is 1. The molecule has 0 unspecified atom stereocenters.